The molecule has 0 aromatic heterocycles. The zero-order valence-corrected chi connectivity index (χ0v) is 13.3. The minimum Gasteiger partial charge on any atom is -0.490 e. The smallest absolute Gasteiger partial charge is 0.168 e. The molecule has 2 N–H and O–H groups in total. The van der Waals surface area contributed by atoms with Crippen LogP contribution in [0.3, 0.4) is 0 Å². The third-order valence-electron chi connectivity index (χ3n) is 2.87. The minimum absolute atomic E-state index is 0.0483. The fourth-order valence-electron chi connectivity index (χ4n) is 2.26. The first-order valence-electron chi connectivity index (χ1n) is 7.23. The molecule has 1 aromatic rings. The highest BCUT2D eigenvalue weighted by molar-refractivity contribution is 5.99. The molecule has 0 amide bonds. The van der Waals surface area contributed by atoms with Gasteiger partial charge in [-0.25, -0.2) is 0 Å². The van der Waals surface area contributed by atoms with Gasteiger partial charge in [0.15, 0.2) is 5.78 Å². The average molecular weight is 277 g/mol. The van der Waals surface area contributed by atoms with Gasteiger partial charge in [-0.3, -0.25) is 4.79 Å². The van der Waals surface area contributed by atoms with Crippen LogP contribution in [0.2, 0.25) is 0 Å². The monoisotopic (exact) mass is 277 g/mol. The molecule has 0 aliphatic carbocycles. The van der Waals surface area contributed by atoms with Crippen LogP contribution in [-0.2, 0) is 0 Å². The second-order valence-corrected chi connectivity index (χ2v) is 6.81. The summed E-state index contributed by atoms with van der Waals surface area (Å²) in [4.78, 5) is 12.4. The second kappa shape index (κ2) is 6.89. The molecular formula is C17H27NO2. The Morgan fingerprint density at radius 2 is 1.85 bits per heavy atom. The number of carbonyl (C=O) groups is 1. The van der Waals surface area contributed by atoms with Gasteiger partial charge in [0.1, 0.15) is 5.75 Å². The van der Waals surface area contributed by atoms with E-state index in [1.54, 1.807) is 0 Å². The molecule has 0 fully saturated rings. The van der Waals surface area contributed by atoms with Crippen molar-refractivity contribution in [3.8, 4) is 5.75 Å². The molecule has 3 nitrogen and oxygen atoms in total. The molecular weight excluding hydrogens is 250 g/mol. The predicted molar refractivity (Wildman–Crippen MR) is 83.2 cm³/mol. The van der Waals surface area contributed by atoms with Crippen LogP contribution in [0, 0.1) is 5.41 Å². The van der Waals surface area contributed by atoms with Crippen LogP contribution in [0.1, 0.15) is 57.8 Å². The quantitative estimate of drug-likeness (QED) is 0.804. The van der Waals surface area contributed by atoms with E-state index in [0.29, 0.717) is 17.7 Å². The summed E-state index contributed by atoms with van der Waals surface area (Å²) >= 11 is 0. The van der Waals surface area contributed by atoms with Gasteiger partial charge in [-0.05, 0) is 37.8 Å². The summed E-state index contributed by atoms with van der Waals surface area (Å²) in [5, 5.41) is 0. The first-order valence-corrected chi connectivity index (χ1v) is 7.23. The molecule has 1 aromatic carbocycles. The maximum absolute atomic E-state index is 12.4. The van der Waals surface area contributed by atoms with Gasteiger partial charge >= 0.3 is 0 Å². The zero-order valence-electron chi connectivity index (χ0n) is 13.3. The van der Waals surface area contributed by atoms with Crippen LogP contribution >= 0.6 is 0 Å². The van der Waals surface area contributed by atoms with E-state index in [1.807, 2.05) is 38.1 Å². The summed E-state index contributed by atoms with van der Waals surface area (Å²) in [5.41, 5.74) is 6.85. The van der Waals surface area contributed by atoms with Gasteiger partial charge in [0.25, 0.3) is 0 Å². The molecule has 1 unspecified atom stereocenters. The molecule has 0 saturated heterocycles. The Bertz CT molecular complexity index is 447. The van der Waals surface area contributed by atoms with E-state index in [0.717, 1.165) is 6.42 Å². The molecule has 0 heterocycles. The Balaban J connectivity index is 2.77. The Morgan fingerprint density at radius 3 is 2.40 bits per heavy atom. The van der Waals surface area contributed by atoms with Crippen molar-refractivity contribution in [1.82, 2.24) is 0 Å². The molecule has 0 aliphatic rings. The fraction of sp³-hybridized carbons (Fsp3) is 0.588. The average Bonchev–Trinajstić information content (AvgIpc) is 2.25. The molecule has 1 rings (SSSR count). The number of ketones is 1. The molecule has 0 radical (unpaired) electrons. The zero-order chi connectivity index (χ0) is 15.3. The lowest BCUT2D eigenvalue weighted by Crippen LogP contribution is -2.29. The van der Waals surface area contributed by atoms with Crippen LogP contribution in [0.4, 0.5) is 0 Å². The van der Waals surface area contributed by atoms with Gasteiger partial charge in [0, 0.05) is 12.5 Å². The Hall–Kier alpha value is -1.35. The van der Waals surface area contributed by atoms with E-state index in [2.05, 4.69) is 20.8 Å². The van der Waals surface area contributed by atoms with Gasteiger partial charge < -0.3 is 10.5 Å². The molecule has 0 aliphatic heterocycles. The second-order valence-electron chi connectivity index (χ2n) is 6.81. The maximum atomic E-state index is 12.4. The number of nitrogens with two attached hydrogens (primary N) is 1. The molecule has 1 atom stereocenters. The number of para-hydroxylation sites is 1. The topological polar surface area (TPSA) is 52.3 Å². The largest absolute Gasteiger partial charge is 0.490 e. The summed E-state index contributed by atoms with van der Waals surface area (Å²) in [5.74, 6) is 0.702. The van der Waals surface area contributed by atoms with Crippen LogP contribution in [0.15, 0.2) is 24.3 Å². The fourth-order valence-corrected chi connectivity index (χ4v) is 2.26. The summed E-state index contributed by atoms with van der Waals surface area (Å²) in [7, 11) is 0. The lowest BCUT2D eigenvalue weighted by atomic mass is 9.86. The number of benzene rings is 1. The first-order chi connectivity index (χ1) is 9.19. The Kier molecular flexibility index (Phi) is 5.75. The number of carbonyl (C=O) groups excluding carboxylic acids is 1. The maximum Gasteiger partial charge on any atom is 0.168 e. The van der Waals surface area contributed by atoms with Gasteiger partial charge in [-0.15, -0.1) is 0 Å². The van der Waals surface area contributed by atoms with E-state index >= 15 is 0 Å². The molecule has 20 heavy (non-hydrogen) atoms. The lowest BCUT2D eigenvalue weighted by molar-refractivity contribution is 0.0962. The Labute approximate surface area is 122 Å². The lowest BCUT2D eigenvalue weighted by Gasteiger charge is -2.23. The number of ether oxygens (including phenoxy) is 1. The highest BCUT2D eigenvalue weighted by Crippen LogP contribution is 2.25. The van der Waals surface area contributed by atoms with Crippen LogP contribution < -0.4 is 10.5 Å². The summed E-state index contributed by atoms with van der Waals surface area (Å²) in [6.45, 7) is 10.3. The summed E-state index contributed by atoms with van der Waals surface area (Å²) in [6, 6.07) is 7.26. The SMILES string of the molecule is CC(C)Oc1ccccc1C(=O)CC(N)CC(C)(C)C. The van der Waals surface area contributed by atoms with Crippen molar-refractivity contribution in [2.45, 2.75) is 59.6 Å². The number of hydrogen-bond acceptors (Lipinski definition) is 3. The molecule has 0 saturated carbocycles. The van der Waals surface area contributed by atoms with Crippen molar-refractivity contribution >= 4 is 5.78 Å². The van der Waals surface area contributed by atoms with Crippen molar-refractivity contribution < 1.29 is 9.53 Å². The predicted octanol–water partition coefficient (Wildman–Crippen LogP) is 3.81. The van der Waals surface area contributed by atoms with Gasteiger partial charge in [-0.2, -0.15) is 0 Å². The minimum atomic E-state index is -0.116. The van der Waals surface area contributed by atoms with Gasteiger partial charge in [0.2, 0.25) is 0 Å². The number of rotatable bonds is 6. The number of Topliss-reactive ketones (excluding diaryl/α,β-unsaturated/α-hetero) is 1. The van der Waals surface area contributed by atoms with E-state index < -0.39 is 0 Å². The number of hydrogen-bond donors (Lipinski definition) is 1. The van der Waals surface area contributed by atoms with Crippen molar-refractivity contribution in [3.63, 3.8) is 0 Å². The normalized spacial score (nSPS) is 13.3. The summed E-state index contributed by atoms with van der Waals surface area (Å²) < 4.78 is 5.69. The molecule has 3 heteroatoms. The van der Waals surface area contributed by atoms with E-state index in [1.165, 1.54) is 0 Å². The molecule has 112 valence electrons. The van der Waals surface area contributed by atoms with E-state index in [9.17, 15) is 4.79 Å². The van der Waals surface area contributed by atoms with Crippen LogP contribution in [0.25, 0.3) is 0 Å². The van der Waals surface area contributed by atoms with Gasteiger partial charge in [-0.1, -0.05) is 32.9 Å². The van der Waals surface area contributed by atoms with E-state index in [-0.39, 0.29) is 23.3 Å². The first kappa shape index (κ1) is 16.7. The highest BCUT2D eigenvalue weighted by Gasteiger charge is 2.20. The molecule has 0 spiro atoms. The van der Waals surface area contributed by atoms with Crippen molar-refractivity contribution in [1.29, 1.82) is 0 Å². The van der Waals surface area contributed by atoms with E-state index in [4.69, 9.17) is 10.5 Å². The third kappa shape index (κ3) is 5.74. The van der Waals surface area contributed by atoms with Crippen molar-refractivity contribution in [2.24, 2.45) is 11.1 Å². The van der Waals surface area contributed by atoms with Crippen LogP contribution in [0.5, 0.6) is 5.75 Å². The molecule has 0 bridgehead atoms. The summed E-state index contributed by atoms with van der Waals surface area (Å²) in [6.07, 6.45) is 1.23. The highest BCUT2D eigenvalue weighted by atomic mass is 16.5. The van der Waals surface area contributed by atoms with Crippen LogP contribution in [-0.4, -0.2) is 17.9 Å². The van der Waals surface area contributed by atoms with Crippen molar-refractivity contribution in [2.75, 3.05) is 0 Å². The third-order valence-corrected chi connectivity index (χ3v) is 2.87. The Morgan fingerprint density at radius 1 is 1.25 bits per heavy atom. The standard InChI is InChI=1S/C17H27NO2/c1-12(2)20-16-9-7-6-8-14(16)15(19)10-13(18)11-17(3,4)5/h6-9,12-13H,10-11,18H2,1-5H3. The van der Waals surface area contributed by atoms with Gasteiger partial charge in [0.05, 0.1) is 11.7 Å². The van der Waals surface area contributed by atoms with Crippen molar-refractivity contribution in [3.05, 3.63) is 29.8 Å².